The standard InChI is InChI=1S/C16H28N2O2S/c1-4-6-9-14(3)18-21(19,20)16-11-8-7-10-15(16)13-17-12-5-2/h7-8,10-11,14,17-18H,4-6,9,12-13H2,1-3H3. The molecule has 0 aliphatic carbocycles. The molecular formula is C16H28N2O2S. The van der Waals surface area contributed by atoms with Gasteiger partial charge in [-0.3, -0.25) is 0 Å². The highest BCUT2D eigenvalue weighted by Gasteiger charge is 2.20. The van der Waals surface area contributed by atoms with Crippen LogP contribution in [-0.2, 0) is 16.6 Å². The molecule has 0 bridgehead atoms. The lowest BCUT2D eigenvalue weighted by Crippen LogP contribution is -2.33. The minimum absolute atomic E-state index is 0.0355. The fraction of sp³-hybridized carbons (Fsp3) is 0.625. The van der Waals surface area contributed by atoms with Crippen LogP contribution in [0.5, 0.6) is 0 Å². The lowest BCUT2D eigenvalue weighted by molar-refractivity contribution is 0.533. The lowest BCUT2D eigenvalue weighted by Gasteiger charge is -2.16. The molecular weight excluding hydrogens is 284 g/mol. The molecule has 0 saturated heterocycles. The first-order valence-electron chi connectivity index (χ1n) is 7.82. The fourth-order valence-electron chi connectivity index (χ4n) is 2.21. The molecule has 4 nitrogen and oxygen atoms in total. The average molecular weight is 312 g/mol. The van der Waals surface area contributed by atoms with Crippen LogP contribution in [0.3, 0.4) is 0 Å². The van der Waals surface area contributed by atoms with Crippen LogP contribution in [-0.4, -0.2) is 21.0 Å². The van der Waals surface area contributed by atoms with Gasteiger partial charge in [0.2, 0.25) is 10.0 Å². The SMILES string of the molecule is CCCCC(C)NS(=O)(=O)c1ccccc1CNCCC. The monoisotopic (exact) mass is 312 g/mol. The van der Waals surface area contributed by atoms with Crippen molar-refractivity contribution in [2.75, 3.05) is 6.54 Å². The minimum Gasteiger partial charge on any atom is -0.313 e. The van der Waals surface area contributed by atoms with E-state index >= 15 is 0 Å². The Hall–Kier alpha value is -0.910. The Kier molecular flexibility index (Phi) is 7.93. The van der Waals surface area contributed by atoms with E-state index in [0.29, 0.717) is 11.4 Å². The molecule has 0 spiro atoms. The molecule has 2 N–H and O–H groups in total. The van der Waals surface area contributed by atoms with Crippen LogP contribution >= 0.6 is 0 Å². The highest BCUT2D eigenvalue weighted by molar-refractivity contribution is 7.89. The maximum Gasteiger partial charge on any atom is 0.241 e. The first-order chi connectivity index (χ1) is 10.0. The van der Waals surface area contributed by atoms with E-state index < -0.39 is 10.0 Å². The number of hydrogen-bond donors (Lipinski definition) is 2. The van der Waals surface area contributed by atoms with Crippen LogP contribution in [0.2, 0.25) is 0 Å². The fourth-order valence-corrected chi connectivity index (χ4v) is 3.73. The molecule has 0 aliphatic heterocycles. The first-order valence-corrected chi connectivity index (χ1v) is 9.30. The number of nitrogens with one attached hydrogen (secondary N) is 2. The molecule has 5 heteroatoms. The van der Waals surface area contributed by atoms with Crippen LogP contribution < -0.4 is 10.0 Å². The van der Waals surface area contributed by atoms with Crippen LogP contribution in [0.15, 0.2) is 29.2 Å². The number of hydrogen-bond acceptors (Lipinski definition) is 3. The van der Waals surface area contributed by atoms with Gasteiger partial charge in [0.25, 0.3) is 0 Å². The summed E-state index contributed by atoms with van der Waals surface area (Å²) in [6.45, 7) is 7.58. The second-order valence-corrected chi connectivity index (χ2v) is 7.13. The molecule has 1 aromatic rings. The van der Waals surface area contributed by atoms with Crippen molar-refractivity contribution in [3.05, 3.63) is 29.8 Å². The molecule has 0 aromatic heterocycles. The Morgan fingerprint density at radius 2 is 1.86 bits per heavy atom. The molecule has 0 fully saturated rings. The molecule has 1 rings (SSSR count). The van der Waals surface area contributed by atoms with Crippen molar-refractivity contribution in [1.29, 1.82) is 0 Å². The van der Waals surface area contributed by atoms with Gasteiger partial charge in [0, 0.05) is 12.6 Å². The van der Waals surface area contributed by atoms with Crippen molar-refractivity contribution < 1.29 is 8.42 Å². The summed E-state index contributed by atoms with van der Waals surface area (Å²) in [5.41, 5.74) is 0.821. The normalized spacial score (nSPS) is 13.3. The van der Waals surface area contributed by atoms with E-state index in [9.17, 15) is 8.42 Å². The third-order valence-corrected chi connectivity index (χ3v) is 5.04. The quantitative estimate of drug-likeness (QED) is 0.653. The maximum atomic E-state index is 12.5. The van der Waals surface area contributed by atoms with Crippen LogP contribution in [0.4, 0.5) is 0 Å². The molecule has 1 aromatic carbocycles. The summed E-state index contributed by atoms with van der Waals surface area (Å²) in [5, 5.41) is 3.26. The van der Waals surface area contributed by atoms with Gasteiger partial charge < -0.3 is 5.32 Å². The molecule has 0 saturated carbocycles. The summed E-state index contributed by atoms with van der Waals surface area (Å²) in [4.78, 5) is 0.386. The Bertz CT molecular complexity index is 515. The predicted molar refractivity (Wildman–Crippen MR) is 87.7 cm³/mol. The summed E-state index contributed by atoms with van der Waals surface area (Å²) in [6.07, 6.45) is 4.00. The molecule has 0 aliphatic rings. The minimum atomic E-state index is -3.45. The van der Waals surface area contributed by atoms with Gasteiger partial charge in [0.1, 0.15) is 0 Å². The Morgan fingerprint density at radius 3 is 2.52 bits per heavy atom. The van der Waals surface area contributed by atoms with Gasteiger partial charge in [-0.1, -0.05) is 44.9 Å². The van der Waals surface area contributed by atoms with E-state index in [2.05, 4.69) is 23.9 Å². The number of sulfonamides is 1. The summed E-state index contributed by atoms with van der Waals surface area (Å²) in [5.74, 6) is 0. The van der Waals surface area contributed by atoms with Gasteiger partial charge in [-0.05, 0) is 37.9 Å². The second-order valence-electron chi connectivity index (χ2n) is 5.45. The van der Waals surface area contributed by atoms with Gasteiger partial charge in [0.05, 0.1) is 4.90 Å². The molecule has 1 unspecified atom stereocenters. The third kappa shape index (κ3) is 6.16. The van der Waals surface area contributed by atoms with Crippen molar-refractivity contribution >= 4 is 10.0 Å². The smallest absolute Gasteiger partial charge is 0.241 e. The van der Waals surface area contributed by atoms with E-state index in [1.807, 2.05) is 19.1 Å². The molecule has 0 amide bonds. The van der Waals surface area contributed by atoms with Gasteiger partial charge in [0.15, 0.2) is 0 Å². The Morgan fingerprint density at radius 1 is 1.14 bits per heavy atom. The van der Waals surface area contributed by atoms with E-state index in [0.717, 1.165) is 37.8 Å². The molecule has 0 heterocycles. The van der Waals surface area contributed by atoms with Gasteiger partial charge in [-0.15, -0.1) is 0 Å². The van der Waals surface area contributed by atoms with E-state index in [1.54, 1.807) is 12.1 Å². The van der Waals surface area contributed by atoms with E-state index in [4.69, 9.17) is 0 Å². The maximum absolute atomic E-state index is 12.5. The molecule has 0 radical (unpaired) electrons. The van der Waals surface area contributed by atoms with Crippen LogP contribution in [0.1, 0.15) is 52.0 Å². The van der Waals surface area contributed by atoms with Crippen molar-refractivity contribution in [2.24, 2.45) is 0 Å². The molecule has 120 valence electrons. The van der Waals surface area contributed by atoms with Gasteiger partial charge >= 0.3 is 0 Å². The first kappa shape index (κ1) is 18.1. The predicted octanol–water partition coefficient (Wildman–Crippen LogP) is 3.04. The zero-order valence-corrected chi connectivity index (χ0v) is 14.2. The number of rotatable bonds is 10. The van der Waals surface area contributed by atoms with Crippen molar-refractivity contribution in [3.63, 3.8) is 0 Å². The number of benzene rings is 1. The lowest BCUT2D eigenvalue weighted by atomic mass is 10.2. The number of unbranched alkanes of at least 4 members (excludes halogenated alkanes) is 1. The van der Waals surface area contributed by atoms with Gasteiger partial charge in [-0.25, -0.2) is 13.1 Å². The second kappa shape index (κ2) is 9.18. The van der Waals surface area contributed by atoms with Crippen LogP contribution in [0.25, 0.3) is 0 Å². The molecule has 1 atom stereocenters. The Balaban J connectivity index is 2.82. The van der Waals surface area contributed by atoms with Crippen LogP contribution in [0, 0.1) is 0 Å². The highest BCUT2D eigenvalue weighted by Crippen LogP contribution is 2.16. The van der Waals surface area contributed by atoms with Crippen molar-refractivity contribution in [3.8, 4) is 0 Å². The average Bonchev–Trinajstić information content (AvgIpc) is 2.45. The van der Waals surface area contributed by atoms with E-state index in [1.165, 1.54) is 0 Å². The summed E-state index contributed by atoms with van der Waals surface area (Å²) < 4.78 is 27.8. The summed E-state index contributed by atoms with van der Waals surface area (Å²) >= 11 is 0. The van der Waals surface area contributed by atoms with Crippen molar-refractivity contribution in [1.82, 2.24) is 10.0 Å². The van der Waals surface area contributed by atoms with Crippen molar-refractivity contribution in [2.45, 2.75) is 63.9 Å². The zero-order chi connectivity index (χ0) is 15.7. The summed E-state index contributed by atoms with van der Waals surface area (Å²) in [7, 11) is -3.45. The third-order valence-electron chi connectivity index (χ3n) is 3.35. The van der Waals surface area contributed by atoms with E-state index in [-0.39, 0.29) is 6.04 Å². The summed E-state index contributed by atoms with van der Waals surface area (Å²) in [6, 6.07) is 7.16. The highest BCUT2D eigenvalue weighted by atomic mass is 32.2. The zero-order valence-electron chi connectivity index (χ0n) is 13.4. The molecule has 21 heavy (non-hydrogen) atoms. The topological polar surface area (TPSA) is 58.2 Å². The largest absolute Gasteiger partial charge is 0.313 e. The Labute approximate surface area is 129 Å². The van der Waals surface area contributed by atoms with Gasteiger partial charge in [-0.2, -0.15) is 0 Å².